The molecule has 1 N–H and O–H groups in total. The van der Waals surface area contributed by atoms with E-state index in [1.54, 1.807) is 44.4 Å². The number of methoxy groups -OCH3 is 3. The third-order valence-electron chi connectivity index (χ3n) is 6.71. The topological polar surface area (TPSA) is 91.3 Å². The molecule has 178 valence electrons. The molecule has 0 atom stereocenters. The Hall–Kier alpha value is -3.88. The van der Waals surface area contributed by atoms with Gasteiger partial charge in [-0.15, -0.1) is 0 Å². The van der Waals surface area contributed by atoms with Crippen LogP contribution in [-0.2, 0) is 7.05 Å². The summed E-state index contributed by atoms with van der Waals surface area (Å²) in [6.07, 6.45) is 0.957. The fraction of sp³-hybridized carbons (Fsp3) is 0.360. The minimum absolute atomic E-state index is 0.0927. The number of piperidine rings is 1. The number of fused-ring (bicyclic) bond motifs is 2. The van der Waals surface area contributed by atoms with Crippen molar-refractivity contribution in [1.82, 2.24) is 14.8 Å². The van der Waals surface area contributed by atoms with Gasteiger partial charge in [-0.1, -0.05) is 0 Å². The third-order valence-corrected chi connectivity index (χ3v) is 6.71. The molecule has 0 radical (unpaired) electrons. The average molecular weight is 466 g/mol. The maximum absolute atomic E-state index is 13.5. The number of hydrogen-bond donors (Lipinski definition) is 1. The molecule has 2 aliphatic rings. The van der Waals surface area contributed by atoms with Crippen LogP contribution in [0.5, 0.6) is 23.0 Å². The van der Waals surface area contributed by atoms with Crippen molar-refractivity contribution in [2.45, 2.75) is 18.6 Å². The van der Waals surface area contributed by atoms with Gasteiger partial charge in [-0.05, 0) is 36.4 Å². The van der Waals surface area contributed by atoms with E-state index in [-0.39, 0.29) is 11.8 Å². The first-order chi connectivity index (χ1) is 16.4. The van der Waals surface area contributed by atoms with E-state index in [0.717, 1.165) is 10.9 Å². The number of carbonyl (C=O) groups excluding carboxylic acids is 2. The Balaban J connectivity index is 1.37. The zero-order valence-electron chi connectivity index (χ0n) is 19.6. The van der Waals surface area contributed by atoms with Gasteiger partial charge in [0.15, 0.2) is 5.72 Å². The molecule has 5 rings (SSSR count). The summed E-state index contributed by atoms with van der Waals surface area (Å²) in [5.74, 6) is 2.17. The lowest BCUT2D eigenvalue weighted by Gasteiger charge is -2.44. The number of benzene rings is 2. The van der Waals surface area contributed by atoms with Crippen LogP contribution >= 0.6 is 0 Å². The van der Waals surface area contributed by atoms with Gasteiger partial charge < -0.3 is 33.7 Å². The van der Waals surface area contributed by atoms with Gasteiger partial charge >= 0.3 is 0 Å². The van der Waals surface area contributed by atoms with Crippen LogP contribution < -0.4 is 24.3 Å². The lowest BCUT2D eigenvalue weighted by molar-refractivity contribution is -0.0247. The van der Waals surface area contributed by atoms with Crippen LogP contribution in [-0.4, -0.2) is 61.4 Å². The number of likely N-dealkylation sites (tertiary alicyclic amines) is 1. The molecule has 1 fully saturated rings. The number of rotatable bonds is 4. The standard InChI is InChI=1S/C25H27N3O6/c1-27-18(14-16-19(32-3)7-8-21(33-4)22(16)27)24(30)28-11-9-25(10-12-28)26-23(29)17-13-15(31-2)5-6-20(17)34-25/h5-8,13-14H,9-12H2,1-4H3,(H,26,29). The van der Waals surface area contributed by atoms with Crippen molar-refractivity contribution >= 4 is 22.7 Å². The van der Waals surface area contributed by atoms with Crippen molar-refractivity contribution in [1.29, 1.82) is 0 Å². The van der Waals surface area contributed by atoms with Crippen LogP contribution in [0.1, 0.15) is 33.7 Å². The number of ether oxygens (including phenoxy) is 4. The largest absolute Gasteiger partial charge is 0.497 e. The molecule has 34 heavy (non-hydrogen) atoms. The predicted molar refractivity (Wildman–Crippen MR) is 125 cm³/mol. The third kappa shape index (κ3) is 3.39. The van der Waals surface area contributed by atoms with Gasteiger partial charge in [-0.25, -0.2) is 0 Å². The lowest BCUT2D eigenvalue weighted by Crippen LogP contribution is -2.61. The van der Waals surface area contributed by atoms with E-state index in [1.807, 2.05) is 29.8 Å². The fourth-order valence-corrected chi connectivity index (χ4v) is 4.83. The van der Waals surface area contributed by atoms with Crippen molar-refractivity contribution in [3.63, 3.8) is 0 Å². The van der Waals surface area contributed by atoms with Crippen LogP contribution in [0.3, 0.4) is 0 Å². The molecule has 3 aromatic rings. The molecular formula is C25H27N3O6. The summed E-state index contributed by atoms with van der Waals surface area (Å²) >= 11 is 0. The molecule has 0 saturated carbocycles. The summed E-state index contributed by atoms with van der Waals surface area (Å²) < 4.78 is 24.3. The van der Waals surface area contributed by atoms with Crippen LogP contribution in [0.15, 0.2) is 36.4 Å². The zero-order valence-corrected chi connectivity index (χ0v) is 19.6. The van der Waals surface area contributed by atoms with Crippen molar-refractivity contribution in [3.05, 3.63) is 47.7 Å². The summed E-state index contributed by atoms with van der Waals surface area (Å²) in [6, 6.07) is 10.7. The van der Waals surface area contributed by atoms with E-state index in [1.165, 1.54) is 0 Å². The fourth-order valence-electron chi connectivity index (χ4n) is 4.83. The van der Waals surface area contributed by atoms with Crippen LogP contribution in [0.4, 0.5) is 0 Å². The first-order valence-electron chi connectivity index (χ1n) is 11.1. The Morgan fingerprint density at radius 1 is 1.00 bits per heavy atom. The van der Waals surface area contributed by atoms with Gasteiger partial charge in [0.1, 0.15) is 28.7 Å². The molecule has 1 saturated heterocycles. The van der Waals surface area contributed by atoms with Gasteiger partial charge in [0.05, 0.1) is 32.4 Å². The second-order valence-corrected chi connectivity index (χ2v) is 8.53. The molecule has 1 spiro atoms. The SMILES string of the molecule is COc1ccc2c(c1)C(=O)NC1(CCN(C(=O)c3cc4c(OC)ccc(OC)c4n3C)CC1)O2. The normalized spacial score (nSPS) is 16.6. The number of nitrogens with zero attached hydrogens (tertiary/aromatic N) is 2. The minimum Gasteiger partial charge on any atom is -0.497 e. The van der Waals surface area contributed by atoms with Gasteiger partial charge in [0, 0.05) is 38.4 Å². The molecule has 9 nitrogen and oxygen atoms in total. The highest BCUT2D eigenvalue weighted by molar-refractivity contribution is 6.02. The number of aryl methyl sites for hydroxylation is 1. The van der Waals surface area contributed by atoms with Gasteiger partial charge in [0.25, 0.3) is 11.8 Å². The van der Waals surface area contributed by atoms with Crippen LogP contribution in [0, 0.1) is 0 Å². The Labute approximate surface area is 197 Å². The van der Waals surface area contributed by atoms with E-state index < -0.39 is 5.72 Å². The summed E-state index contributed by atoms with van der Waals surface area (Å²) in [7, 11) is 6.61. The molecular weight excluding hydrogens is 438 g/mol. The molecule has 9 heteroatoms. The number of hydrogen-bond acceptors (Lipinski definition) is 6. The van der Waals surface area contributed by atoms with Crippen molar-refractivity contribution in [2.24, 2.45) is 7.05 Å². The molecule has 2 aliphatic heterocycles. The van der Waals surface area contributed by atoms with Crippen molar-refractivity contribution in [2.75, 3.05) is 34.4 Å². The molecule has 2 amide bonds. The number of amides is 2. The zero-order chi connectivity index (χ0) is 24.0. The maximum atomic E-state index is 13.5. The molecule has 2 aromatic carbocycles. The smallest absolute Gasteiger partial charge is 0.270 e. The molecule has 0 unspecified atom stereocenters. The van der Waals surface area contributed by atoms with Gasteiger partial charge in [-0.3, -0.25) is 9.59 Å². The van der Waals surface area contributed by atoms with Crippen LogP contribution in [0.2, 0.25) is 0 Å². The molecule has 3 heterocycles. The molecule has 0 aliphatic carbocycles. The number of nitrogens with one attached hydrogen (secondary N) is 1. The first-order valence-corrected chi connectivity index (χ1v) is 11.1. The summed E-state index contributed by atoms with van der Waals surface area (Å²) in [6.45, 7) is 0.890. The average Bonchev–Trinajstić information content (AvgIpc) is 3.20. The first kappa shape index (κ1) is 21.9. The summed E-state index contributed by atoms with van der Waals surface area (Å²) in [5.41, 5.74) is 0.955. The van der Waals surface area contributed by atoms with E-state index in [0.29, 0.717) is 60.2 Å². The summed E-state index contributed by atoms with van der Waals surface area (Å²) in [5, 5.41) is 3.82. The van der Waals surface area contributed by atoms with Gasteiger partial charge in [-0.2, -0.15) is 0 Å². The van der Waals surface area contributed by atoms with Crippen molar-refractivity contribution < 1.29 is 28.5 Å². The Kier molecular flexibility index (Phi) is 5.27. The Morgan fingerprint density at radius 3 is 2.38 bits per heavy atom. The predicted octanol–water partition coefficient (Wildman–Crippen LogP) is 2.96. The van der Waals surface area contributed by atoms with Crippen molar-refractivity contribution in [3.8, 4) is 23.0 Å². The number of aromatic nitrogens is 1. The number of carbonyl (C=O) groups is 2. The molecule has 0 bridgehead atoms. The monoisotopic (exact) mass is 465 g/mol. The lowest BCUT2D eigenvalue weighted by atomic mass is 9.96. The van der Waals surface area contributed by atoms with E-state index in [4.69, 9.17) is 18.9 Å². The van der Waals surface area contributed by atoms with E-state index >= 15 is 0 Å². The minimum atomic E-state index is -0.833. The second-order valence-electron chi connectivity index (χ2n) is 8.53. The van der Waals surface area contributed by atoms with Crippen LogP contribution in [0.25, 0.3) is 10.9 Å². The Bertz CT molecular complexity index is 1290. The maximum Gasteiger partial charge on any atom is 0.270 e. The van der Waals surface area contributed by atoms with E-state index in [9.17, 15) is 9.59 Å². The molecule has 1 aromatic heterocycles. The summed E-state index contributed by atoms with van der Waals surface area (Å²) in [4.78, 5) is 28.0. The van der Waals surface area contributed by atoms with E-state index in [2.05, 4.69) is 5.32 Å². The Morgan fingerprint density at radius 2 is 1.71 bits per heavy atom. The highest BCUT2D eigenvalue weighted by Gasteiger charge is 2.43. The highest BCUT2D eigenvalue weighted by atomic mass is 16.5. The second kappa shape index (κ2) is 8.16. The quantitative estimate of drug-likeness (QED) is 0.637. The highest BCUT2D eigenvalue weighted by Crippen LogP contribution is 2.37. The van der Waals surface area contributed by atoms with Gasteiger partial charge in [0.2, 0.25) is 0 Å².